The van der Waals surface area contributed by atoms with Crippen LogP contribution < -0.4 is 5.32 Å². The second-order valence-electron chi connectivity index (χ2n) is 6.54. The van der Waals surface area contributed by atoms with E-state index in [9.17, 15) is 22.4 Å². The van der Waals surface area contributed by atoms with Crippen LogP contribution in [0, 0.1) is 17.1 Å². The normalized spacial score (nSPS) is 10.9. The molecule has 3 N–H and O–H groups in total. The maximum Gasteiger partial charge on any atom is 0.328 e. The highest BCUT2D eigenvalue weighted by atomic mass is 32.2. The third-order valence-electron chi connectivity index (χ3n) is 4.18. The number of aromatic nitrogens is 2. The SMILES string of the molecule is CNCc1cc(-c2cccc(C#N)c2F)n(S(=O)(=O)c2cccnc2)c1.O=C(O)C=CC(=O)O. The first-order valence-electron chi connectivity index (χ1n) is 9.46. The van der Waals surface area contributed by atoms with Gasteiger partial charge in [-0.1, -0.05) is 6.07 Å². The predicted octanol–water partition coefficient (Wildman–Crippen LogP) is 2.23. The predicted molar refractivity (Wildman–Crippen MR) is 119 cm³/mol. The first-order chi connectivity index (χ1) is 16.1. The number of hydrogen-bond acceptors (Lipinski definition) is 7. The summed E-state index contributed by atoms with van der Waals surface area (Å²) in [6.45, 7) is 0.405. The van der Waals surface area contributed by atoms with Gasteiger partial charge in [0, 0.05) is 42.9 Å². The molecule has 2 aromatic heterocycles. The van der Waals surface area contributed by atoms with E-state index in [0.717, 1.165) is 3.97 Å². The summed E-state index contributed by atoms with van der Waals surface area (Å²) in [7, 11) is -2.25. The molecule has 0 saturated carbocycles. The minimum absolute atomic E-state index is 0.00953. The number of halogens is 1. The summed E-state index contributed by atoms with van der Waals surface area (Å²) in [6.07, 6.45) is 5.26. The maximum atomic E-state index is 14.7. The Balaban J connectivity index is 0.000000440. The smallest absolute Gasteiger partial charge is 0.328 e. The molecule has 0 radical (unpaired) electrons. The van der Waals surface area contributed by atoms with Gasteiger partial charge in [0.1, 0.15) is 16.8 Å². The molecular formula is C22H19FN4O6S. The van der Waals surface area contributed by atoms with E-state index in [0.29, 0.717) is 24.3 Å². The average molecular weight is 486 g/mol. The standard InChI is InChI=1S/C18H15FN4O2S.C4H4O4/c1-21-10-13-8-17(16-6-2-4-14(9-20)18(16)19)23(12-13)26(24,25)15-5-3-7-22-11-15;5-3(6)1-2-4(7)8/h2-8,11-12,21H,10H2,1H3;1-2H,(H,5,6)(H,7,8). The molecule has 0 fully saturated rings. The van der Waals surface area contributed by atoms with Crippen molar-refractivity contribution in [2.45, 2.75) is 11.4 Å². The Morgan fingerprint density at radius 1 is 1.21 bits per heavy atom. The highest BCUT2D eigenvalue weighted by Crippen LogP contribution is 2.30. The monoisotopic (exact) mass is 486 g/mol. The molecule has 12 heteroatoms. The van der Waals surface area contributed by atoms with Crippen molar-refractivity contribution in [1.82, 2.24) is 14.3 Å². The van der Waals surface area contributed by atoms with E-state index in [1.807, 2.05) is 0 Å². The molecule has 0 aliphatic heterocycles. The van der Waals surface area contributed by atoms with E-state index in [1.165, 1.54) is 48.9 Å². The van der Waals surface area contributed by atoms with Crippen molar-refractivity contribution in [3.8, 4) is 17.3 Å². The van der Waals surface area contributed by atoms with Gasteiger partial charge in [-0.25, -0.2) is 26.4 Å². The van der Waals surface area contributed by atoms with Gasteiger partial charge in [0.25, 0.3) is 10.0 Å². The zero-order valence-electron chi connectivity index (χ0n) is 17.7. The van der Waals surface area contributed by atoms with Crippen molar-refractivity contribution in [2.75, 3.05) is 7.05 Å². The van der Waals surface area contributed by atoms with Crippen LogP contribution in [0.15, 0.2) is 72.0 Å². The van der Waals surface area contributed by atoms with Crippen LogP contribution in [0.25, 0.3) is 11.3 Å². The summed E-state index contributed by atoms with van der Waals surface area (Å²) in [5.41, 5.74) is 0.702. The molecule has 0 unspecified atom stereocenters. The van der Waals surface area contributed by atoms with Crippen LogP contribution in [0.3, 0.4) is 0 Å². The van der Waals surface area contributed by atoms with Gasteiger partial charge in [-0.3, -0.25) is 4.98 Å². The van der Waals surface area contributed by atoms with Gasteiger partial charge in [0.2, 0.25) is 0 Å². The van der Waals surface area contributed by atoms with E-state index in [4.69, 9.17) is 15.5 Å². The summed E-state index contributed by atoms with van der Waals surface area (Å²) in [5.74, 6) is -3.27. The minimum atomic E-state index is -3.97. The van der Waals surface area contributed by atoms with Crippen LogP contribution in [-0.2, 0) is 26.2 Å². The van der Waals surface area contributed by atoms with Crippen LogP contribution in [0.5, 0.6) is 0 Å². The van der Waals surface area contributed by atoms with Gasteiger partial charge in [-0.15, -0.1) is 0 Å². The van der Waals surface area contributed by atoms with Crippen LogP contribution in [0.2, 0.25) is 0 Å². The third kappa shape index (κ3) is 6.35. The van der Waals surface area contributed by atoms with E-state index >= 15 is 0 Å². The van der Waals surface area contributed by atoms with Gasteiger partial charge in [-0.05, 0) is 42.9 Å². The Bertz CT molecular complexity index is 1350. The van der Waals surface area contributed by atoms with Crippen LogP contribution in [0.1, 0.15) is 11.1 Å². The fourth-order valence-corrected chi connectivity index (χ4v) is 4.12. The summed E-state index contributed by atoms with van der Waals surface area (Å²) in [4.78, 5) is 22.9. The van der Waals surface area contributed by atoms with Gasteiger partial charge in [0.05, 0.1) is 11.3 Å². The molecule has 0 bridgehead atoms. The van der Waals surface area contributed by atoms with Crippen molar-refractivity contribution in [2.24, 2.45) is 0 Å². The number of carboxylic acid groups (broad SMARTS) is 2. The second-order valence-corrected chi connectivity index (χ2v) is 8.36. The molecule has 34 heavy (non-hydrogen) atoms. The minimum Gasteiger partial charge on any atom is -0.478 e. The van der Waals surface area contributed by atoms with Gasteiger partial charge in [-0.2, -0.15) is 5.26 Å². The first-order valence-corrected chi connectivity index (χ1v) is 10.9. The van der Waals surface area contributed by atoms with Crippen molar-refractivity contribution < 1.29 is 32.6 Å². The Labute approximate surface area is 194 Å². The van der Waals surface area contributed by atoms with E-state index in [1.54, 1.807) is 19.2 Å². The lowest BCUT2D eigenvalue weighted by atomic mass is 10.1. The molecule has 0 aliphatic carbocycles. The van der Waals surface area contributed by atoms with Crippen LogP contribution in [-0.4, -0.2) is 46.6 Å². The van der Waals surface area contributed by atoms with Gasteiger partial charge < -0.3 is 15.5 Å². The average Bonchev–Trinajstić information content (AvgIpc) is 3.24. The van der Waals surface area contributed by atoms with Crippen LogP contribution >= 0.6 is 0 Å². The summed E-state index contributed by atoms with van der Waals surface area (Å²) in [5, 5.41) is 27.6. The molecule has 3 aromatic rings. The summed E-state index contributed by atoms with van der Waals surface area (Å²) < 4.78 is 41.7. The highest BCUT2D eigenvalue weighted by Gasteiger charge is 2.24. The topological polar surface area (TPSA) is 162 Å². The number of carbonyl (C=O) groups is 2. The third-order valence-corrected chi connectivity index (χ3v) is 5.84. The van der Waals surface area contributed by atoms with Gasteiger partial charge in [0.15, 0.2) is 0 Å². The number of rotatable bonds is 7. The Morgan fingerprint density at radius 2 is 1.88 bits per heavy atom. The van der Waals surface area contributed by atoms with Crippen molar-refractivity contribution in [1.29, 1.82) is 5.26 Å². The highest BCUT2D eigenvalue weighted by molar-refractivity contribution is 7.90. The lowest BCUT2D eigenvalue weighted by Gasteiger charge is -2.11. The molecule has 0 aliphatic rings. The molecule has 0 spiro atoms. The summed E-state index contributed by atoms with van der Waals surface area (Å²) in [6, 6.07) is 10.6. The fourth-order valence-electron chi connectivity index (χ4n) is 2.76. The molecular weight excluding hydrogens is 467 g/mol. The fraction of sp³-hybridized carbons (Fsp3) is 0.0909. The lowest BCUT2D eigenvalue weighted by molar-refractivity contribution is -0.134. The molecule has 0 saturated heterocycles. The summed E-state index contributed by atoms with van der Waals surface area (Å²) >= 11 is 0. The molecule has 2 heterocycles. The number of benzene rings is 1. The Morgan fingerprint density at radius 3 is 2.41 bits per heavy atom. The number of nitrogens with one attached hydrogen (secondary N) is 1. The zero-order valence-corrected chi connectivity index (χ0v) is 18.5. The van der Waals surface area contributed by atoms with Crippen molar-refractivity contribution in [3.05, 3.63) is 84.1 Å². The Kier molecular flexibility index (Phi) is 8.77. The van der Waals surface area contributed by atoms with Crippen molar-refractivity contribution in [3.63, 3.8) is 0 Å². The molecule has 0 amide bonds. The number of aliphatic carboxylic acids is 2. The van der Waals surface area contributed by atoms with Gasteiger partial charge >= 0.3 is 11.9 Å². The molecule has 176 valence electrons. The van der Waals surface area contributed by atoms with Crippen LogP contribution in [0.4, 0.5) is 4.39 Å². The number of nitrogens with zero attached hydrogens (tertiary/aromatic N) is 3. The molecule has 10 nitrogen and oxygen atoms in total. The largest absolute Gasteiger partial charge is 0.478 e. The zero-order chi connectivity index (χ0) is 25.3. The number of carboxylic acids is 2. The molecule has 0 atom stereocenters. The molecule has 3 rings (SSSR count). The lowest BCUT2D eigenvalue weighted by Crippen LogP contribution is -2.14. The Hall–Kier alpha value is -4.34. The van der Waals surface area contributed by atoms with Crippen molar-refractivity contribution >= 4 is 22.0 Å². The number of hydrogen-bond donors (Lipinski definition) is 3. The first kappa shape index (κ1) is 25.9. The van der Waals surface area contributed by atoms with E-state index in [-0.39, 0.29) is 21.7 Å². The number of pyridine rings is 1. The maximum absolute atomic E-state index is 14.7. The molecule has 1 aromatic carbocycles. The number of nitriles is 1. The second kappa shape index (κ2) is 11.5. The quantitative estimate of drug-likeness (QED) is 0.425. The van der Waals surface area contributed by atoms with E-state index in [2.05, 4.69) is 10.3 Å². The van der Waals surface area contributed by atoms with E-state index < -0.39 is 27.8 Å².